The zero-order chi connectivity index (χ0) is 24.5. The molecule has 1 aromatic heterocycles. The molecular weight excluding hydrogens is 491 g/mol. The summed E-state index contributed by atoms with van der Waals surface area (Å²) >= 11 is 13.9. The van der Waals surface area contributed by atoms with Crippen LogP contribution in [-0.2, 0) is 22.6 Å². The lowest BCUT2D eigenvalue weighted by molar-refractivity contribution is -0.133. The van der Waals surface area contributed by atoms with Crippen LogP contribution in [0.2, 0.25) is 10.0 Å². The molecule has 0 saturated carbocycles. The third kappa shape index (κ3) is 7.31. The topological polar surface area (TPSA) is 49.9 Å². The normalized spacial score (nSPS) is 10.8. The first kappa shape index (κ1) is 26.2. The van der Waals surface area contributed by atoms with E-state index in [0.29, 0.717) is 43.2 Å². The van der Waals surface area contributed by atoms with Crippen molar-refractivity contribution in [1.29, 1.82) is 0 Å². The van der Waals surface area contributed by atoms with E-state index in [-0.39, 0.29) is 23.4 Å². The van der Waals surface area contributed by atoms with Crippen molar-refractivity contribution in [1.82, 2.24) is 9.80 Å². The van der Waals surface area contributed by atoms with Crippen LogP contribution in [0.1, 0.15) is 32.8 Å². The van der Waals surface area contributed by atoms with Crippen LogP contribution in [0.5, 0.6) is 0 Å². The van der Waals surface area contributed by atoms with Gasteiger partial charge in [0.2, 0.25) is 5.91 Å². The molecule has 0 bridgehead atoms. The molecule has 34 heavy (non-hydrogen) atoms. The van der Waals surface area contributed by atoms with Gasteiger partial charge in [-0.05, 0) is 54.1 Å². The molecule has 0 unspecified atom stereocenters. The largest absolute Gasteiger partial charge is 0.385 e. The zero-order valence-corrected chi connectivity index (χ0v) is 21.6. The number of hydrogen-bond donors (Lipinski definition) is 0. The van der Waals surface area contributed by atoms with Gasteiger partial charge in [0.1, 0.15) is 6.54 Å². The van der Waals surface area contributed by atoms with Crippen molar-refractivity contribution >= 4 is 46.4 Å². The number of ether oxygens (including phenoxy) is 1. The van der Waals surface area contributed by atoms with Crippen molar-refractivity contribution in [2.24, 2.45) is 0 Å². The van der Waals surface area contributed by atoms with Gasteiger partial charge in [0.15, 0.2) is 0 Å². The third-order valence-corrected chi connectivity index (χ3v) is 6.98. The summed E-state index contributed by atoms with van der Waals surface area (Å²) in [5.74, 6) is -0.439. The number of hydrogen-bond acceptors (Lipinski definition) is 4. The summed E-state index contributed by atoms with van der Waals surface area (Å²) in [6.45, 7) is 3.78. The molecule has 5 nitrogen and oxygen atoms in total. The van der Waals surface area contributed by atoms with Crippen LogP contribution >= 0.6 is 34.5 Å². The first-order valence-corrected chi connectivity index (χ1v) is 12.6. The van der Waals surface area contributed by atoms with Crippen molar-refractivity contribution < 1.29 is 14.3 Å². The van der Waals surface area contributed by atoms with E-state index < -0.39 is 0 Å². The Morgan fingerprint density at radius 2 is 1.76 bits per heavy atom. The minimum absolute atomic E-state index is 0.0568. The molecule has 0 N–H and O–H groups in total. The highest BCUT2D eigenvalue weighted by molar-refractivity contribution is 7.10. The van der Waals surface area contributed by atoms with Crippen molar-refractivity contribution in [3.05, 3.63) is 91.6 Å². The Morgan fingerprint density at radius 3 is 2.41 bits per heavy atom. The van der Waals surface area contributed by atoms with Crippen LogP contribution in [-0.4, -0.2) is 48.4 Å². The number of halogens is 2. The van der Waals surface area contributed by atoms with Gasteiger partial charge in [-0.25, -0.2) is 0 Å². The summed E-state index contributed by atoms with van der Waals surface area (Å²) in [6, 6.07) is 16.7. The van der Waals surface area contributed by atoms with Gasteiger partial charge in [0.25, 0.3) is 5.91 Å². The zero-order valence-electron chi connectivity index (χ0n) is 19.3. The first-order chi connectivity index (χ1) is 16.4. The van der Waals surface area contributed by atoms with E-state index in [1.807, 2.05) is 48.7 Å². The van der Waals surface area contributed by atoms with Gasteiger partial charge in [0, 0.05) is 36.7 Å². The Morgan fingerprint density at radius 1 is 1.00 bits per heavy atom. The number of aryl methyl sites for hydroxylation is 1. The molecule has 2 aromatic carbocycles. The predicted molar refractivity (Wildman–Crippen MR) is 139 cm³/mol. The molecule has 0 aliphatic carbocycles. The highest BCUT2D eigenvalue weighted by Gasteiger charge is 2.24. The second kappa shape index (κ2) is 12.9. The molecule has 0 spiro atoms. The van der Waals surface area contributed by atoms with Crippen molar-refractivity contribution in [3.63, 3.8) is 0 Å². The maximum atomic E-state index is 13.6. The van der Waals surface area contributed by atoms with Gasteiger partial charge in [0.05, 0.1) is 17.1 Å². The van der Waals surface area contributed by atoms with Crippen LogP contribution in [0.3, 0.4) is 0 Å². The highest BCUT2D eigenvalue weighted by atomic mass is 35.5. The lowest BCUT2D eigenvalue weighted by Gasteiger charge is -2.28. The van der Waals surface area contributed by atoms with Crippen LogP contribution in [0, 0.1) is 6.92 Å². The standard InChI is InChI=1S/C26H28Cl2N2O3S/c1-19-11-14-34-24(19)17-30(16-20-7-4-3-5-8-20)25(31)18-29(12-6-13-33-2)26(32)22-10-9-21(27)15-23(22)28/h3-5,7-11,14-15H,6,12-13,16-18H2,1-2H3. The smallest absolute Gasteiger partial charge is 0.255 e. The van der Waals surface area contributed by atoms with E-state index in [2.05, 4.69) is 0 Å². The molecule has 1 heterocycles. The molecule has 3 aromatic rings. The van der Waals surface area contributed by atoms with Crippen LogP contribution in [0.4, 0.5) is 0 Å². The number of methoxy groups -OCH3 is 1. The number of carbonyl (C=O) groups excluding carboxylic acids is 2. The third-order valence-electron chi connectivity index (χ3n) is 5.42. The van der Waals surface area contributed by atoms with Gasteiger partial charge in [-0.3, -0.25) is 9.59 Å². The molecule has 0 aliphatic heterocycles. The van der Waals surface area contributed by atoms with E-state index in [4.69, 9.17) is 27.9 Å². The van der Waals surface area contributed by atoms with E-state index in [1.165, 1.54) is 11.0 Å². The van der Waals surface area contributed by atoms with Gasteiger partial charge in [-0.2, -0.15) is 0 Å². The Kier molecular flexibility index (Phi) is 9.96. The molecule has 3 rings (SSSR count). The molecule has 0 radical (unpaired) electrons. The van der Waals surface area contributed by atoms with Crippen LogP contribution in [0.25, 0.3) is 0 Å². The minimum Gasteiger partial charge on any atom is -0.385 e. The Bertz CT molecular complexity index is 1100. The van der Waals surface area contributed by atoms with E-state index in [1.54, 1.807) is 35.5 Å². The average molecular weight is 519 g/mol. The van der Waals surface area contributed by atoms with E-state index >= 15 is 0 Å². The van der Waals surface area contributed by atoms with Crippen molar-refractivity contribution in [3.8, 4) is 0 Å². The molecule has 8 heteroatoms. The summed E-state index contributed by atoms with van der Waals surface area (Å²) in [5.41, 5.74) is 2.50. The summed E-state index contributed by atoms with van der Waals surface area (Å²) in [4.78, 5) is 31.4. The number of amides is 2. The Labute approximate surface area is 214 Å². The fraction of sp³-hybridized carbons (Fsp3) is 0.308. The van der Waals surface area contributed by atoms with Crippen LogP contribution in [0.15, 0.2) is 60.0 Å². The molecule has 180 valence electrons. The van der Waals surface area contributed by atoms with Gasteiger partial charge in [-0.1, -0.05) is 53.5 Å². The summed E-state index contributed by atoms with van der Waals surface area (Å²) in [5, 5.41) is 2.74. The number of benzene rings is 2. The molecule has 0 aliphatic rings. The van der Waals surface area contributed by atoms with E-state index in [0.717, 1.165) is 16.0 Å². The minimum atomic E-state index is -0.307. The summed E-state index contributed by atoms with van der Waals surface area (Å²) in [6.07, 6.45) is 0.601. The quantitative estimate of drug-likeness (QED) is 0.289. The Balaban J connectivity index is 1.83. The number of rotatable bonds is 11. The van der Waals surface area contributed by atoms with Crippen molar-refractivity contribution in [2.45, 2.75) is 26.4 Å². The summed E-state index contributed by atoms with van der Waals surface area (Å²) < 4.78 is 5.16. The fourth-order valence-electron chi connectivity index (χ4n) is 3.52. The first-order valence-electron chi connectivity index (χ1n) is 11.0. The number of nitrogens with zero attached hydrogens (tertiary/aromatic N) is 2. The number of thiophene rings is 1. The number of carbonyl (C=O) groups is 2. The molecule has 0 saturated heterocycles. The fourth-order valence-corrected chi connectivity index (χ4v) is 4.93. The predicted octanol–water partition coefficient (Wildman–Crippen LogP) is 6.07. The maximum Gasteiger partial charge on any atom is 0.255 e. The summed E-state index contributed by atoms with van der Waals surface area (Å²) in [7, 11) is 1.61. The van der Waals surface area contributed by atoms with Gasteiger partial charge < -0.3 is 14.5 Å². The Hall–Kier alpha value is -2.38. The van der Waals surface area contributed by atoms with E-state index in [9.17, 15) is 9.59 Å². The van der Waals surface area contributed by atoms with Crippen molar-refractivity contribution in [2.75, 3.05) is 26.8 Å². The highest BCUT2D eigenvalue weighted by Crippen LogP contribution is 2.23. The SMILES string of the molecule is COCCCN(CC(=O)N(Cc1ccccc1)Cc1sccc1C)C(=O)c1ccc(Cl)cc1Cl. The lowest BCUT2D eigenvalue weighted by atomic mass is 10.1. The monoisotopic (exact) mass is 518 g/mol. The average Bonchev–Trinajstić information content (AvgIpc) is 3.22. The van der Waals surface area contributed by atoms with Gasteiger partial charge in [-0.15, -0.1) is 11.3 Å². The second-order valence-corrected chi connectivity index (χ2v) is 9.80. The lowest BCUT2D eigenvalue weighted by Crippen LogP contribution is -2.43. The van der Waals surface area contributed by atoms with Crippen LogP contribution < -0.4 is 0 Å². The molecule has 0 atom stereocenters. The molecule has 0 fully saturated rings. The maximum absolute atomic E-state index is 13.6. The van der Waals surface area contributed by atoms with Gasteiger partial charge >= 0.3 is 0 Å². The molecule has 2 amide bonds. The second-order valence-electron chi connectivity index (χ2n) is 7.96. The molecular formula is C26H28Cl2N2O3S.